The summed E-state index contributed by atoms with van der Waals surface area (Å²) < 4.78 is 28.2. The van der Waals surface area contributed by atoms with Crippen LogP contribution in [0.3, 0.4) is 0 Å². The van der Waals surface area contributed by atoms with Crippen molar-refractivity contribution in [2.24, 2.45) is 5.92 Å². The summed E-state index contributed by atoms with van der Waals surface area (Å²) in [5.74, 6) is 0.427. The average Bonchev–Trinajstić information content (AvgIpc) is 3.18. The number of rotatable bonds is 5. The van der Waals surface area contributed by atoms with Crippen LogP contribution in [0, 0.1) is 5.92 Å². The highest BCUT2D eigenvalue weighted by molar-refractivity contribution is 7.94. The van der Waals surface area contributed by atoms with Crippen molar-refractivity contribution >= 4 is 33.0 Å². The molecule has 1 N–H and O–H groups in total. The molecule has 1 atom stereocenters. The van der Waals surface area contributed by atoms with Crippen LogP contribution in [0.4, 0.5) is 5.69 Å². The molecule has 0 bridgehead atoms. The van der Waals surface area contributed by atoms with E-state index in [9.17, 15) is 13.2 Å². The highest BCUT2D eigenvalue weighted by Crippen LogP contribution is 2.43. The van der Waals surface area contributed by atoms with Gasteiger partial charge in [-0.05, 0) is 29.7 Å². The van der Waals surface area contributed by atoms with Crippen molar-refractivity contribution in [3.63, 3.8) is 0 Å². The van der Waals surface area contributed by atoms with Crippen molar-refractivity contribution in [2.75, 3.05) is 10.8 Å². The first-order chi connectivity index (χ1) is 11.8. The molecule has 0 aliphatic carbocycles. The number of hydrogen-bond acceptors (Lipinski definition) is 4. The van der Waals surface area contributed by atoms with E-state index in [2.05, 4.69) is 19.2 Å². The van der Waals surface area contributed by atoms with Crippen LogP contribution >= 0.6 is 11.3 Å². The van der Waals surface area contributed by atoms with E-state index in [1.807, 2.05) is 24.3 Å². The number of sulfonamides is 1. The molecular formula is C18H22N2O3S2. The predicted octanol–water partition coefficient (Wildman–Crippen LogP) is 3.33. The minimum atomic E-state index is -3.60. The summed E-state index contributed by atoms with van der Waals surface area (Å²) in [6.07, 6.45) is 0. The maximum atomic E-state index is 13.2. The predicted molar refractivity (Wildman–Crippen MR) is 100 cm³/mol. The van der Waals surface area contributed by atoms with E-state index in [1.165, 1.54) is 22.6 Å². The molecule has 7 heteroatoms. The molecule has 0 fully saturated rings. The van der Waals surface area contributed by atoms with E-state index in [-0.39, 0.29) is 11.8 Å². The van der Waals surface area contributed by atoms with Crippen molar-refractivity contribution < 1.29 is 13.2 Å². The molecule has 1 aliphatic heterocycles. The van der Waals surface area contributed by atoms with Gasteiger partial charge in [0.2, 0.25) is 5.91 Å². The van der Waals surface area contributed by atoms with Gasteiger partial charge in [-0.25, -0.2) is 8.42 Å². The van der Waals surface area contributed by atoms with Crippen molar-refractivity contribution in [2.45, 2.75) is 37.4 Å². The number of hydrogen-bond donors (Lipinski definition) is 1. The first kappa shape index (κ1) is 17.9. The third-order valence-electron chi connectivity index (χ3n) is 4.47. The van der Waals surface area contributed by atoms with E-state index in [1.54, 1.807) is 12.1 Å². The van der Waals surface area contributed by atoms with Gasteiger partial charge in [0.25, 0.3) is 10.0 Å². The first-order valence-corrected chi connectivity index (χ1v) is 10.5. The summed E-state index contributed by atoms with van der Waals surface area (Å²) in [5, 5.41) is 2.70. The zero-order chi connectivity index (χ0) is 18.2. The molecule has 1 unspecified atom stereocenters. The maximum absolute atomic E-state index is 13.2. The number of anilines is 1. The second-order valence-electron chi connectivity index (χ2n) is 6.58. The first-order valence-electron chi connectivity index (χ1n) is 8.25. The lowest BCUT2D eigenvalue weighted by Crippen LogP contribution is -2.30. The van der Waals surface area contributed by atoms with E-state index >= 15 is 0 Å². The quantitative estimate of drug-likeness (QED) is 0.868. The third kappa shape index (κ3) is 3.43. The lowest BCUT2D eigenvalue weighted by molar-refractivity contribution is -0.119. The molecule has 25 heavy (non-hydrogen) atoms. The molecular weight excluding hydrogens is 356 g/mol. The highest BCUT2D eigenvalue weighted by atomic mass is 32.2. The Kier molecular flexibility index (Phi) is 4.88. The summed E-state index contributed by atoms with van der Waals surface area (Å²) >= 11 is 1.21. The molecule has 0 saturated carbocycles. The fourth-order valence-corrected chi connectivity index (χ4v) is 6.04. The van der Waals surface area contributed by atoms with Crippen molar-refractivity contribution in [3.05, 3.63) is 46.8 Å². The van der Waals surface area contributed by atoms with Crippen LogP contribution in [0.2, 0.25) is 0 Å². The van der Waals surface area contributed by atoms with Gasteiger partial charge < -0.3 is 5.32 Å². The standard InChI is InChI=1S/C18H22N2O3S2/c1-12(2)16-11-20(17-7-5-4-6-15(16)17)25(22,23)18-9-8-14(24-18)10-19-13(3)21/h4-9,12,16H,10-11H2,1-3H3,(H,19,21). The lowest BCUT2D eigenvalue weighted by atomic mass is 9.90. The van der Waals surface area contributed by atoms with Crippen LogP contribution in [0.25, 0.3) is 0 Å². The summed E-state index contributed by atoms with van der Waals surface area (Å²) in [6, 6.07) is 11.1. The fraction of sp³-hybridized carbons (Fsp3) is 0.389. The Morgan fingerprint density at radius 2 is 2.00 bits per heavy atom. The van der Waals surface area contributed by atoms with Gasteiger partial charge in [0, 0.05) is 24.3 Å². The molecule has 2 aromatic rings. The molecule has 1 aliphatic rings. The topological polar surface area (TPSA) is 66.5 Å². The Labute approximate surface area is 152 Å². The minimum absolute atomic E-state index is 0.133. The van der Waals surface area contributed by atoms with E-state index in [0.29, 0.717) is 23.2 Å². The Morgan fingerprint density at radius 3 is 2.68 bits per heavy atom. The molecule has 0 radical (unpaired) electrons. The number of nitrogens with one attached hydrogen (secondary N) is 1. The minimum Gasteiger partial charge on any atom is -0.351 e. The van der Waals surface area contributed by atoms with Crippen molar-refractivity contribution in [3.8, 4) is 0 Å². The third-order valence-corrected chi connectivity index (χ3v) is 7.80. The van der Waals surface area contributed by atoms with Crippen molar-refractivity contribution in [1.82, 2.24) is 5.32 Å². The Bertz CT molecular complexity index is 887. The Morgan fingerprint density at radius 1 is 1.28 bits per heavy atom. The monoisotopic (exact) mass is 378 g/mol. The van der Waals surface area contributed by atoms with Gasteiger partial charge in [-0.15, -0.1) is 11.3 Å². The smallest absolute Gasteiger partial charge is 0.273 e. The van der Waals surface area contributed by atoms with Gasteiger partial charge >= 0.3 is 0 Å². The van der Waals surface area contributed by atoms with Gasteiger partial charge in [-0.1, -0.05) is 32.0 Å². The van der Waals surface area contributed by atoms with E-state index in [0.717, 1.165) is 16.1 Å². The summed E-state index contributed by atoms with van der Waals surface area (Å²) in [5.41, 5.74) is 1.87. The second-order valence-corrected chi connectivity index (χ2v) is 9.83. The van der Waals surface area contributed by atoms with Crippen LogP contribution in [-0.2, 0) is 21.4 Å². The molecule has 134 valence electrons. The number of carbonyl (C=O) groups is 1. The average molecular weight is 379 g/mol. The largest absolute Gasteiger partial charge is 0.351 e. The summed E-state index contributed by atoms with van der Waals surface area (Å²) in [6.45, 7) is 6.50. The number of thiophene rings is 1. The zero-order valence-corrected chi connectivity index (χ0v) is 16.2. The Hall–Kier alpha value is -1.86. The number of nitrogens with zero attached hydrogens (tertiary/aromatic N) is 1. The molecule has 3 rings (SSSR count). The summed E-state index contributed by atoms with van der Waals surface area (Å²) in [4.78, 5) is 11.9. The highest BCUT2D eigenvalue weighted by Gasteiger charge is 2.38. The number of carbonyl (C=O) groups excluding carboxylic acids is 1. The second kappa shape index (κ2) is 6.80. The van der Waals surface area contributed by atoms with Gasteiger partial charge in [0.1, 0.15) is 4.21 Å². The van der Waals surface area contributed by atoms with Crippen LogP contribution in [-0.4, -0.2) is 20.9 Å². The molecule has 2 heterocycles. The fourth-order valence-electron chi connectivity index (χ4n) is 3.11. The number of para-hydroxylation sites is 1. The van der Waals surface area contributed by atoms with Gasteiger partial charge in [-0.2, -0.15) is 0 Å². The number of benzene rings is 1. The molecule has 1 amide bonds. The molecule has 1 aromatic heterocycles. The van der Waals surface area contributed by atoms with Crippen LogP contribution < -0.4 is 9.62 Å². The molecule has 0 spiro atoms. The Balaban J connectivity index is 1.92. The van der Waals surface area contributed by atoms with Crippen LogP contribution in [0.5, 0.6) is 0 Å². The summed E-state index contributed by atoms with van der Waals surface area (Å²) in [7, 11) is -3.60. The molecule has 0 saturated heterocycles. The zero-order valence-electron chi connectivity index (χ0n) is 14.5. The lowest BCUT2D eigenvalue weighted by Gasteiger charge is -2.20. The van der Waals surface area contributed by atoms with Crippen LogP contribution in [0.15, 0.2) is 40.6 Å². The number of fused-ring (bicyclic) bond motifs is 1. The SMILES string of the molecule is CC(=O)NCc1ccc(S(=O)(=O)N2CC(C(C)C)c3ccccc32)s1. The number of amides is 1. The van der Waals surface area contributed by atoms with E-state index < -0.39 is 10.0 Å². The van der Waals surface area contributed by atoms with Gasteiger partial charge in [0.05, 0.1) is 12.2 Å². The van der Waals surface area contributed by atoms with Crippen LogP contribution in [0.1, 0.15) is 37.1 Å². The molecule has 5 nitrogen and oxygen atoms in total. The van der Waals surface area contributed by atoms with Gasteiger partial charge in [-0.3, -0.25) is 9.10 Å². The maximum Gasteiger partial charge on any atom is 0.273 e. The van der Waals surface area contributed by atoms with Gasteiger partial charge in [0.15, 0.2) is 0 Å². The molecule has 1 aromatic carbocycles. The van der Waals surface area contributed by atoms with Crippen molar-refractivity contribution in [1.29, 1.82) is 0 Å². The van der Waals surface area contributed by atoms with E-state index in [4.69, 9.17) is 0 Å². The normalized spacial score (nSPS) is 17.0.